The zero-order chi connectivity index (χ0) is 24.6. The summed E-state index contributed by atoms with van der Waals surface area (Å²) in [4.78, 5) is 13.3. The summed E-state index contributed by atoms with van der Waals surface area (Å²) in [6.07, 6.45) is 0.461. The maximum atomic E-state index is 12.1. The Morgan fingerprint density at radius 2 is 1.70 bits per heavy atom. The summed E-state index contributed by atoms with van der Waals surface area (Å²) >= 11 is 1.83. The van der Waals surface area contributed by atoms with Crippen molar-refractivity contribution in [3.63, 3.8) is 0 Å². The molecular weight excluding hydrogens is 430 g/mol. The number of carboxylic acids is 1. The number of benzene rings is 2. The van der Waals surface area contributed by atoms with Crippen molar-refractivity contribution in [3.8, 4) is 5.75 Å². The van der Waals surface area contributed by atoms with Gasteiger partial charge in [-0.15, -0.1) is 11.8 Å². The van der Waals surface area contributed by atoms with Crippen LogP contribution in [0.1, 0.15) is 71.2 Å². The minimum Gasteiger partial charge on any atom is -0.497 e. The summed E-state index contributed by atoms with van der Waals surface area (Å²) < 4.78 is 7.64. The van der Waals surface area contributed by atoms with Gasteiger partial charge in [0, 0.05) is 39.2 Å². The third-order valence-corrected chi connectivity index (χ3v) is 7.18. The molecule has 2 aromatic carbocycles. The summed E-state index contributed by atoms with van der Waals surface area (Å²) in [5.41, 5.74) is 3.82. The third-order valence-electron chi connectivity index (χ3n) is 5.91. The minimum absolute atomic E-state index is 0.00478. The number of carboxylic acid groups (broad SMARTS) is 1. The van der Waals surface area contributed by atoms with E-state index in [1.54, 1.807) is 7.11 Å². The third kappa shape index (κ3) is 5.75. The Hall–Kier alpha value is -2.40. The first-order chi connectivity index (χ1) is 15.3. The predicted molar refractivity (Wildman–Crippen MR) is 139 cm³/mol. The van der Waals surface area contributed by atoms with Gasteiger partial charge in [-0.05, 0) is 55.2 Å². The molecule has 33 heavy (non-hydrogen) atoms. The van der Waals surface area contributed by atoms with Gasteiger partial charge in [-0.3, -0.25) is 4.79 Å². The van der Waals surface area contributed by atoms with E-state index >= 15 is 0 Å². The summed E-state index contributed by atoms with van der Waals surface area (Å²) in [6.45, 7) is 15.4. The molecule has 3 aromatic rings. The maximum Gasteiger partial charge on any atom is 0.309 e. The number of rotatable bonds is 8. The highest BCUT2D eigenvalue weighted by atomic mass is 32.2. The summed E-state index contributed by atoms with van der Waals surface area (Å²) in [7, 11) is 1.67. The first-order valence-corrected chi connectivity index (χ1v) is 12.3. The van der Waals surface area contributed by atoms with Crippen molar-refractivity contribution < 1.29 is 14.6 Å². The van der Waals surface area contributed by atoms with Crippen molar-refractivity contribution >= 4 is 28.6 Å². The van der Waals surface area contributed by atoms with Crippen LogP contribution in [0.2, 0.25) is 0 Å². The molecule has 0 atom stereocenters. The van der Waals surface area contributed by atoms with Crippen molar-refractivity contribution in [1.29, 1.82) is 0 Å². The normalized spacial score (nSPS) is 12.5. The Kier molecular flexibility index (Phi) is 7.23. The van der Waals surface area contributed by atoms with Crippen LogP contribution in [0.4, 0.5) is 0 Å². The second-order valence-electron chi connectivity index (χ2n) is 10.7. The Morgan fingerprint density at radius 1 is 1.06 bits per heavy atom. The molecule has 0 aliphatic rings. The minimum atomic E-state index is -0.875. The maximum absolute atomic E-state index is 12.1. The Morgan fingerprint density at radius 3 is 2.21 bits per heavy atom. The first kappa shape index (κ1) is 25.2. The average molecular weight is 468 g/mol. The highest BCUT2D eigenvalue weighted by Gasteiger charge is 2.32. The van der Waals surface area contributed by atoms with Gasteiger partial charge >= 0.3 is 5.97 Å². The number of methoxy groups -OCH3 is 1. The van der Waals surface area contributed by atoms with E-state index < -0.39 is 11.4 Å². The van der Waals surface area contributed by atoms with Gasteiger partial charge in [0.25, 0.3) is 0 Å². The average Bonchev–Trinajstić information content (AvgIpc) is 2.98. The number of nitrogens with zero attached hydrogens (tertiary/aromatic N) is 1. The Labute approximate surface area is 202 Å². The second-order valence-corrected chi connectivity index (χ2v) is 12.6. The number of hydrogen-bond donors (Lipinski definition) is 1. The molecule has 1 N–H and O–H groups in total. The van der Waals surface area contributed by atoms with Crippen LogP contribution in [0.25, 0.3) is 10.9 Å². The van der Waals surface area contributed by atoms with Crippen LogP contribution in [0.15, 0.2) is 47.4 Å². The molecule has 0 aliphatic heterocycles. The molecule has 178 valence electrons. The molecule has 0 spiro atoms. The van der Waals surface area contributed by atoms with E-state index in [9.17, 15) is 9.90 Å². The summed E-state index contributed by atoms with van der Waals surface area (Å²) in [5.74, 6) is 0.470. The van der Waals surface area contributed by atoms with E-state index in [4.69, 9.17) is 4.74 Å². The van der Waals surface area contributed by atoms with Gasteiger partial charge in [0.05, 0.1) is 12.5 Å². The van der Waals surface area contributed by atoms with Gasteiger partial charge in [0.2, 0.25) is 0 Å². The van der Waals surface area contributed by atoms with Crippen molar-refractivity contribution in [2.45, 2.75) is 77.0 Å². The Bertz CT molecular complexity index is 1130. The quantitative estimate of drug-likeness (QED) is 0.352. The lowest BCUT2D eigenvalue weighted by atomic mass is 9.88. The number of aromatic nitrogens is 1. The van der Waals surface area contributed by atoms with Crippen molar-refractivity contribution in [2.24, 2.45) is 5.41 Å². The smallest absolute Gasteiger partial charge is 0.309 e. The molecule has 5 heteroatoms. The predicted octanol–water partition coefficient (Wildman–Crippen LogP) is 7.37. The molecule has 4 nitrogen and oxygen atoms in total. The van der Waals surface area contributed by atoms with Crippen molar-refractivity contribution in [2.75, 3.05) is 7.11 Å². The zero-order valence-corrected chi connectivity index (χ0v) is 22.0. The molecule has 0 fully saturated rings. The number of carbonyl (C=O) groups is 1. The van der Waals surface area contributed by atoms with Crippen LogP contribution in [-0.4, -0.2) is 27.5 Å². The van der Waals surface area contributed by atoms with Crippen LogP contribution in [0, 0.1) is 5.41 Å². The van der Waals surface area contributed by atoms with E-state index in [0.717, 1.165) is 22.5 Å². The number of thioether (sulfide) groups is 1. The molecule has 0 amide bonds. The monoisotopic (exact) mass is 467 g/mol. The van der Waals surface area contributed by atoms with E-state index in [-0.39, 0.29) is 4.75 Å². The fourth-order valence-electron chi connectivity index (χ4n) is 3.94. The fraction of sp³-hybridized carbons (Fsp3) is 0.464. The number of hydrogen-bond acceptors (Lipinski definition) is 3. The molecule has 0 bridgehead atoms. The molecule has 3 rings (SSSR count). The molecule has 0 saturated heterocycles. The lowest BCUT2D eigenvalue weighted by molar-refractivity contribution is -0.146. The van der Waals surface area contributed by atoms with E-state index in [2.05, 4.69) is 69.5 Å². The number of ether oxygens (including phenoxy) is 1. The molecule has 0 aliphatic carbocycles. The molecule has 1 heterocycles. The van der Waals surface area contributed by atoms with E-state index in [1.165, 1.54) is 15.8 Å². The summed E-state index contributed by atoms with van der Waals surface area (Å²) in [5, 5.41) is 11.1. The van der Waals surface area contributed by atoms with Gasteiger partial charge in [-0.25, -0.2) is 0 Å². The van der Waals surface area contributed by atoms with E-state index in [1.807, 2.05) is 37.7 Å². The lowest BCUT2D eigenvalue weighted by Gasteiger charge is -2.24. The Balaban J connectivity index is 2.27. The SMILES string of the molecule is COc1ccc(Cn2c(CC(C)(C)C(=O)O)c(SC(C)(C)C)c3cc(C(C)C)ccc32)cc1. The van der Waals surface area contributed by atoms with E-state index in [0.29, 0.717) is 18.9 Å². The fourth-order valence-corrected chi connectivity index (χ4v) is 5.12. The second kappa shape index (κ2) is 9.46. The molecular formula is C28H37NO3S. The highest BCUT2D eigenvalue weighted by molar-refractivity contribution is 8.00. The van der Waals surface area contributed by atoms with Crippen molar-refractivity contribution in [1.82, 2.24) is 4.57 Å². The van der Waals surface area contributed by atoms with Gasteiger partial charge in [-0.1, -0.05) is 52.8 Å². The summed E-state index contributed by atoms with van der Waals surface area (Å²) in [6, 6.07) is 14.8. The van der Waals surface area contributed by atoms with Crippen LogP contribution in [0.5, 0.6) is 5.75 Å². The zero-order valence-electron chi connectivity index (χ0n) is 21.2. The van der Waals surface area contributed by atoms with Gasteiger partial charge in [-0.2, -0.15) is 0 Å². The molecule has 0 saturated carbocycles. The lowest BCUT2D eigenvalue weighted by Crippen LogP contribution is -2.28. The van der Waals surface area contributed by atoms with Crippen LogP contribution in [-0.2, 0) is 17.8 Å². The van der Waals surface area contributed by atoms with Gasteiger partial charge in [0.1, 0.15) is 5.75 Å². The number of aliphatic carboxylic acids is 1. The topological polar surface area (TPSA) is 51.5 Å². The largest absolute Gasteiger partial charge is 0.497 e. The molecule has 0 radical (unpaired) electrons. The molecule has 1 aromatic heterocycles. The van der Waals surface area contributed by atoms with Crippen molar-refractivity contribution in [3.05, 3.63) is 59.3 Å². The first-order valence-electron chi connectivity index (χ1n) is 11.5. The van der Waals surface area contributed by atoms with Crippen LogP contribution >= 0.6 is 11.8 Å². The highest BCUT2D eigenvalue weighted by Crippen LogP contribution is 2.44. The van der Waals surface area contributed by atoms with Crippen LogP contribution in [0.3, 0.4) is 0 Å². The molecule has 0 unspecified atom stereocenters. The van der Waals surface area contributed by atoms with Gasteiger partial charge < -0.3 is 14.4 Å². The number of fused-ring (bicyclic) bond motifs is 1. The van der Waals surface area contributed by atoms with Crippen LogP contribution < -0.4 is 4.74 Å². The standard InChI is InChI=1S/C28H37NO3S/c1-18(2)20-11-14-23-22(15-20)25(33-27(3,4)5)24(16-28(6,7)26(30)31)29(23)17-19-9-12-21(32-8)13-10-19/h9-15,18H,16-17H2,1-8H3,(H,30,31). The van der Waals surface area contributed by atoms with Gasteiger partial charge in [0.15, 0.2) is 0 Å².